The van der Waals surface area contributed by atoms with Gasteiger partial charge in [-0.05, 0) is 24.3 Å². The van der Waals surface area contributed by atoms with Crippen molar-refractivity contribution in [3.63, 3.8) is 0 Å². The van der Waals surface area contributed by atoms with Crippen molar-refractivity contribution >= 4 is 50.3 Å². The number of halogens is 1. The van der Waals surface area contributed by atoms with Crippen molar-refractivity contribution in [2.24, 2.45) is 0 Å². The maximum absolute atomic E-state index is 12.0. The number of nitrogens with zero attached hydrogens (tertiary/aromatic N) is 1. The molecule has 4 rings (SSSR count). The molecule has 0 radical (unpaired) electrons. The molecule has 0 N–H and O–H groups in total. The number of hydrogen-bond acceptors (Lipinski definition) is 6. The molecule has 1 aromatic carbocycles. The predicted octanol–water partition coefficient (Wildman–Crippen LogP) is 5.42. The normalized spacial score (nSPS) is 11.0. The third kappa shape index (κ3) is 3.08. The fraction of sp³-hybridized carbons (Fsp3) is 0.0588. The van der Waals surface area contributed by atoms with Gasteiger partial charge in [-0.25, -0.2) is 4.98 Å². The lowest BCUT2D eigenvalue weighted by molar-refractivity contribution is -0.134. The monoisotopic (exact) mass is 375 g/mol. The van der Waals surface area contributed by atoms with E-state index in [0.717, 1.165) is 29.7 Å². The number of ether oxygens (including phenoxy) is 1. The number of benzene rings is 1. The fourth-order valence-electron chi connectivity index (χ4n) is 2.42. The summed E-state index contributed by atoms with van der Waals surface area (Å²) in [5.74, 6) is -0.269. The van der Waals surface area contributed by atoms with Gasteiger partial charge in [0.25, 0.3) is 0 Å². The van der Waals surface area contributed by atoms with Crippen LogP contribution in [0.25, 0.3) is 20.5 Å². The average Bonchev–Trinajstić information content (AvgIpc) is 3.27. The molecular weight excluding hydrogens is 366 g/mol. The number of carbonyl (C=O) groups is 1. The van der Waals surface area contributed by atoms with Gasteiger partial charge in [-0.15, -0.1) is 22.7 Å². The van der Waals surface area contributed by atoms with Crippen LogP contribution < -0.4 is 4.74 Å². The summed E-state index contributed by atoms with van der Waals surface area (Å²) in [6, 6.07) is 12.1. The Kier molecular flexibility index (Phi) is 4.10. The Labute approximate surface area is 150 Å². The molecule has 24 heavy (non-hydrogen) atoms. The summed E-state index contributed by atoms with van der Waals surface area (Å²) in [4.78, 5) is 17.8. The molecule has 0 unspecified atom stereocenters. The lowest BCUT2D eigenvalue weighted by Gasteiger charge is -1.99. The van der Waals surface area contributed by atoms with Gasteiger partial charge in [-0.1, -0.05) is 23.7 Å². The van der Waals surface area contributed by atoms with Gasteiger partial charge in [0.15, 0.2) is 6.39 Å². The molecule has 4 aromatic rings. The summed E-state index contributed by atoms with van der Waals surface area (Å²) in [7, 11) is 0. The van der Waals surface area contributed by atoms with Gasteiger partial charge in [-0.3, -0.25) is 4.79 Å². The first-order valence-corrected chi connectivity index (χ1v) is 9.06. The molecule has 7 heteroatoms. The molecule has 0 atom stereocenters. The van der Waals surface area contributed by atoms with Crippen molar-refractivity contribution in [1.29, 1.82) is 0 Å². The van der Waals surface area contributed by atoms with Crippen LogP contribution in [0.4, 0.5) is 0 Å². The standard InChI is InChI=1S/C17H10ClNO3S2/c18-15-5-4-14(24-15)11-2-1-3-13-12(11)6-10(23-13)7-16(20)22-17-8-19-9-21-17/h1-6,8-9H,7H2. The Morgan fingerprint density at radius 3 is 2.92 bits per heavy atom. The third-order valence-corrected chi connectivity index (χ3v) is 5.76. The molecule has 0 saturated heterocycles. The molecule has 0 saturated carbocycles. The highest BCUT2D eigenvalue weighted by Crippen LogP contribution is 2.38. The predicted molar refractivity (Wildman–Crippen MR) is 96.0 cm³/mol. The second-order valence-electron chi connectivity index (χ2n) is 5.01. The highest BCUT2D eigenvalue weighted by atomic mass is 35.5. The molecule has 0 amide bonds. The first-order chi connectivity index (χ1) is 11.7. The van der Waals surface area contributed by atoms with Crippen molar-refractivity contribution in [2.75, 3.05) is 0 Å². The summed E-state index contributed by atoms with van der Waals surface area (Å²) in [6.45, 7) is 0. The summed E-state index contributed by atoms with van der Waals surface area (Å²) in [5, 5.41) is 1.11. The van der Waals surface area contributed by atoms with E-state index < -0.39 is 0 Å². The van der Waals surface area contributed by atoms with Crippen LogP contribution in [0.15, 0.2) is 53.4 Å². The topological polar surface area (TPSA) is 52.3 Å². The second kappa shape index (κ2) is 6.39. The largest absolute Gasteiger partial charge is 0.413 e. The SMILES string of the molecule is O=C(Cc1cc2c(-c3ccc(Cl)s3)cccc2s1)Oc1cnco1. The third-order valence-electron chi connectivity index (χ3n) is 3.39. The molecule has 3 aromatic heterocycles. The van der Waals surface area contributed by atoms with Crippen LogP contribution >= 0.6 is 34.3 Å². The number of fused-ring (bicyclic) bond motifs is 1. The van der Waals surface area contributed by atoms with Crippen molar-refractivity contribution in [1.82, 2.24) is 4.98 Å². The molecule has 0 aliphatic carbocycles. The Morgan fingerprint density at radius 2 is 2.17 bits per heavy atom. The molecule has 4 nitrogen and oxygen atoms in total. The van der Waals surface area contributed by atoms with Gasteiger partial charge in [-0.2, -0.15) is 0 Å². The summed E-state index contributed by atoms with van der Waals surface area (Å²) in [6.07, 6.45) is 2.77. The molecular formula is C17H10ClNO3S2. The fourth-order valence-corrected chi connectivity index (χ4v) is 4.58. The van der Waals surface area contributed by atoms with Gasteiger partial charge in [0.2, 0.25) is 0 Å². The van der Waals surface area contributed by atoms with Gasteiger partial charge in [0.05, 0.1) is 10.8 Å². The molecule has 120 valence electrons. The Balaban J connectivity index is 1.62. The molecule has 0 spiro atoms. The van der Waals surface area contributed by atoms with E-state index >= 15 is 0 Å². The van der Waals surface area contributed by atoms with Crippen molar-refractivity contribution in [3.8, 4) is 16.4 Å². The van der Waals surface area contributed by atoms with E-state index in [1.54, 1.807) is 22.7 Å². The zero-order valence-electron chi connectivity index (χ0n) is 12.2. The van der Waals surface area contributed by atoms with Crippen LogP contribution in [-0.4, -0.2) is 11.0 Å². The van der Waals surface area contributed by atoms with E-state index in [2.05, 4.69) is 11.1 Å². The zero-order chi connectivity index (χ0) is 16.5. The number of carbonyl (C=O) groups excluding carboxylic acids is 1. The zero-order valence-corrected chi connectivity index (χ0v) is 14.6. The quantitative estimate of drug-likeness (QED) is 0.447. The summed E-state index contributed by atoms with van der Waals surface area (Å²) >= 11 is 9.17. The lowest BCUT2D eigenvalue weighted by Crippen LogP contribution is -2.09. The summed E-state index contributed by atoms with van der Waals surface area (Å²) < 4.78 is 11.9. The van der Waals surface area contributed by atoms with E-state index in [1.807, 2.05) is 30.3 Å². The van der Waals surface area contributed by atoms with Crippen molar-refractivity contribution in [3.05, 3.63) is 58.2 Å². The van der Waals surface area contributed by atoms with Gasteiger partial charge < -0.3 is 9.15 Å². The smallest absolute Gasteiger partial charge is 0.318 e. The van der Waals surface area contributed by atoms with Crippen LogP contribution in [0.3, 0.4) is 0 Å². The van der Waals surface area contributed by atoms with Crippen LogP contribution in [0.1, 0.15) is 4.88 Å². The Hall–Kier alpha value is -2.15. The van der Waals surface area contributed by atoms with Gasteiger partial charge >= 0.3 is 11.9 Å². The Morgan fingerprint density at radius 1 is 1.25 bits per heavy atom. The average molecular weight is 376 g/mol. The number of esters is 1. The van der Waals surface area contributed by atoms with Gasteiger partial charge in [0, 0.05) is 25.4 Å². The number of thiophene rings is 2. The van der Waals surface area contributed by atoms with E-state index in [0.29, 0.717) is 0 Å². The number of oxazole rings is 1. The van der Waals surface area contributed by atoms with E-state index in [9.17, 15) is 4.79 Å². The Bertz CT molecular complexity index is 1000. The van der Waals surface area contributed by atoms with Gasteiger partial charge in [0.1, 0.15) is 6.20 Å². The van der Waals surface area contributed by atoms with E-state index in [-0.39, 0.29) is 18.3 Å². The first-order valence-electron chi connectivity index (χ1n) is 7.05. The first kappa shape index (κ1) is 15.4. The molecule has 0 bridgehead atoms. The molecule has 0 aliphatic heterocycles. The maximum atomic E-state index is 12.0. The molecule has 3 heterocycles. The highest BCUT2D eigenvalue weighted by molar-refractivity contribution is 7.20. The van der Waals surface area contributed by atoms with Crippen molar-refractivity contribution in [2.45, 2.75) is 6.42 Å². The second-order valence-corrected chi connectivity index (χ2v) is 7.89. The number of rotatable bonds is 4. The van der Waals surface area contributed by atoms with E-state index in [1.165, 1.54) is 12.6 Å². The molecule has 0 aliphatic rings. The maximum Gasteiger partial charge on any atom is 0.318 e. The summed E-state index contributed by atoms with van der Waals surface area (Å²) in [5.41, 5.74) is 1.12. The van der Waals surface area contributed by atoms with Crippen molar-refractivity contribution < 1.29 is 13.9 Å². The van der Waals surface area contributed by atoms with Crippen LogP contribution in [0.5, 0.6) is 5.95 Å². The minimum atomic E-state index is -0.376. The van der Waals surface area contributed by atoms with Crippen LogP contribution in [0, 0.1) is 0 Å². The minimum Gasteiger partial charge on any atom is -0.413 e. The number of hydrogen-bond donors (Lipinski definition) is 0. The highest BCUT2D eigenvalue weighted by Gasteiger charge is 2.14. The molecule has 0 fully saturated rings. The number of aromatic nitrogens is 1. The lowest BCUT2D eigenvalue weighted by atomic mass is 10.1. The van der Waals surface area contributed by atoms with Crippen LogP contribution in [0.2, 0.25) is 4.34 Å². The minimum absolute atomic E-state index is 0.107. The van der Waals surface area contributed by atoms with Crippen LogP contribution in [-0.2, 0) is 11.2 Å². The van der Waals surface area contributed by atoms with E-state index in [4.69, 9.17) is 20.8 Å².